The SMILES string of the molecule is CNC(=O)c1nnc(NC(=O)N2CC(OC)C2)cc1Nc1cccc(-c2ncn(C)n2)c1OC. The van der Waals surface area contributed by atoms with Crippen LogP contribution >= 0.6 is 0 Å². The summed E-state index contributed by atoms with van der Waals surface area (Å²) < 4.78 is 12.4. The molecule has 1 fully saturated rings. The molecule has 1 aliphatic heterocycles. The average Bonchev–Trinajstić information content (AvgIpc) is 3.24. The minimum atomic E-state index is -0.444. The Kier molecular flexibility index (Phi) is 6.54. The summed E-state index contributed by atoms with van der Waals surface area (Å²) in [5, 5.41) is 20.8. The lowest BCUT2D eigenvalue weighted by Crippen LogP contribution is -2.55. The number of para-hydroxylation sites is 1. The van der Waals surface area contributed by atoms with Crippen LogP contribution in [0, 0.1) is 0 Å². The predicted octanol–water partition coefficient (Wildman–Crippen LogP) is 1.25. The van der Waals surface area contributed by atoms with Gasteiger partial charge in [-0.3, -0.25) is 14.8 Å². The van der Waals surface area contributed by atoms with Gasteiger partial charge in [-0.2, -0.15) is 5.10 Å². The van der Waals surface area contributed by atoms with Crippen LogP contribution < -0.4 is 20.7 Å². The summed E-state index contributed by atoms with van der Waals surface area (Å²) in [6.45, 7) is 0.978. The predicted molar refractivity (Wildman–Crippen MR) is 123 cm³/mol. The van der Waals surface area contributed by atoms with Crippen LogP contribution in [-0.2, 0) is 11.8 Å². The van der Waals surface area contributed by atoms with Crippen molar-refractivity contribution in [2.75, 3.05) is 45.0 Å². The number of carbonyl (C=O) groups is 2. The van der Waals surface area contributed by atoms with E-state index in [4.69, 9.17) is 9.47 Å². The maximum atomic E-state index is 12.5. The fraction of sp³-hybridized carbons (Fsp3) is 0.333. The molecule has 34 heavy (non-hydrogen) atoms. The van der Waals surface area contributed by atoms with Crippen LogP contribution in [0.4, 0.5) is 22.0 Å². The van der Waals surface area contributed by atoms with E-state index >= 15 is 0 Å². The molecular weight excluding hydrogens is 442 g/mol. The van der Waals surface area contributed by atoms with Crippen LogP contribution in [0.1, 0.15) is 10.5 Å². The summed E-state index contributed by atoms with van der Waals surface area (Å²) in [5.74, 6) is 0.701. The Morgan fingerprint density at radius 3 is 2.59 bits per heavy atom. The molecule has 3 aromatic rings. The maximum Gasteiger partial charge on any atom is 0.323 e. The van der Waals surface area contributed by atoms with E-state index in [2.05, 4.69) is 36.2 Å². The third kappa shape index (κ3) is 4.59. The summed E-state index contributed by atoms with van der Waals surface area (Å²) in [4.78, 5) is 30.8. The molecule has 0 bridgehead atoms. The second-order valence-electron chi connectivity index (χ2n) is 7.52. The molecule has 3 N–H and O–H groups in total. The minimum Gasteiger partial charge on any atom is -0.494 e. The van der Waals surface area contributed by atoms with Gasteiger partial charge < -0.3 is 25.0 Å². The molecule has 1 aromatic carbocycles. The number of aromatic nitrogens is 5. The zero-order chi connectivity index (χ0) is 24.2. The first-order chi connectivity index (χ1) is 16.4. The van der Waals surface area contributed by atoms with Gasteiger partial charge in [0.2, 0.25) is 0 Å². The molecule has 0 aliphatic carbocycles. The van der Waals surface area contributed by atoms with Crippen molar-refractivity contribution in [3.8, 4) is 17.1 Å². The number of urea groups is 1. The molecule has 1 aliphatic rings. The number of rotatable bonds is 7. The van der Waals surface area contributed by atoms with Crippen molar-refractivity contribution in [3.05, 3.63) is 36.3 Å². The lowest BCUT2D eigenvalue weighted by molar-refractivity contribution is -0.00467. The summed E-state index contributed by atoms with van der Waals surface area (Å²) in [5.41, 5.74) is 1.59. The first-order valence-electron chi connectivity index (χ1n) is 10.4. The summed E-state index contributed by atoms with van der Waals surface area (Å²) >= 11 is 0. The molecule has 2 aromatic heterocycles. The number of hydrogen-bond donors (Lipinski definition) is 3. The van der Waals surface area contributed by atoms with Gasteiger partial charge >= 0.3 is 6.03 Å². The van der Waals surface area contributed by atoms with Gasteiger partial charge in [-0.05, 0) is 12.1 Å². The van der Waals surface area contributed by atoms with Gasteiger partial charge in [0, 0.05) is 27.3 Å². The third-order valence-corrected chi connectivity index (χ3v) is 5.27. The van der Waals surface area contributed by atoms with Crippen molar-refractivity contribution in [2.24, 2.45) is 7.05 Å². The standard InChI is InChI=1S/C21H25N9O4/c1-22-20(31)17-15(8-16(26-27-17)25-21(32)30-9-12(10-30)33-3)24-14-7-5-6-13(18(14)34-4)19-23-11-29(2)28-19/h5-8,11-12H,9-10H2,1-4H3,(H,22,31)(H2,24,25,26,32). The second kappa shape index (κ2) is 9.70. The molecule has 3 heterocycles. The summed E-state index contributed by atoms with van der Waals surface area (Å²) in [7, 11) is 6.40. The van der Waals surface area contributed by atoms with E-state index in [0.717, 1.165) is 0 Å². The fourth-order valence-electron chi connectivity index (χ4n) is 3.42. The molecule has 3 amide bonds. The van der Waals surface area contributed by atoms with E-state index < -0.39 is 5.91 Å². The van der Waals surface area contributed by atoms with Gasteiger partial charge in [0.25, 0.3) is 5.91 Å². The number of nitrogens with zero attached hydrogens (tertiary/aromatic N) is 6. The molecule has 0 spiro atoms. The molecule has 0 atom stereocenters. The molecular formula is C21H25N9O4. The smallest absolute Gasteiger partial charge is 0.323 e. The number of carbonyl (C=O) groups excluding carboxylic acids is 2. The number of methoxy groups -OCH3 is 2. The topological polar surface area (TPSA) is 148 Å². The second-order valence-corrected chi connectivity index (χ2v) is 7.52. The molecule has 13 heteroatoms. The lowest BCUT2D eigenvalue weighted by atomic mass is 10.1. The molecule has 13 nitrogen and oxygen atoms in total. The Morgan fingerprint density at radius 1 is 1.15 bits per heavy atom. The van der Waals surface area contributed by atoms with E-state index in [1.807, 2.05) is 12.1 Å². The molecule has 4 rings (SSSR count). The number of benzene rings is 1. The molecule has 0 saturated carbocycles. The van der Waals surface area contributed by atoms with Crippen molar-refractivity contribution in [1.82, 2.24) is 35.2 Å². The third-order valence-electron chi connectivity index (χ3n) is 5.27. The van der Waals surface area contributed by atoms with Crippen molar-refractivity contribution in [1.29, 1.82) is 0 Å². The highest BCUT2D eigenvalue weighted by molar-refractivity contribution is 5.99. The number of ether oxygens (including phenoxy) is 2. The molecule has 0 unspecified atom stereocenters. The first-order valence-corrected chi connectivity index (χ1v) is 10.4. The van der Waals surface area contributed by atoms with Crippen molar-refractivity contribution >= 4 is 29.1 Å². The van der Waals surface area contributed by atoms with Gasteiger partial charge in [0.15, 0.2) is 23.1 Å². The van der Waals surface area contributed by atoms with E-state index in [1.165, 1.54) is 20.2 Å². The Labute approximate surface area is 195 Å². The number of likely N-dealkylation sites (tertiary alicyclic amines) is 1. The highest BCUT2D eigenvalue weighted by atomic mass is 16.5. The summed E-state index contributed by atoms with van der Waals surface area (Å²) in [6, 6.07) is 6.62. The molecule has 0 radical (unpaired) electrons. The number of anilines is 3. The normalized spacial score (nSPS) is 13.2. The van der Waals surface area contributed by atoms with Crippen molar-refractivity contribution in [2.45, 2.75) is 6.10 Å². The number of amides is 3. The van der Waals surface area contributed by atoms with Crippen LogP contribution in [0.5, 0.6) is 5.75 Å². The Balaban J connectivity index is 1.64. The van der Waals surface area contributed by atoms with Crippen molar-refractivity contribution < 1.29 is 19.1 Å². The van der Waals surface area contributed by atoms with Gasteiger partial charge in [-0.15, -0.1) is 10.2 Å². The highest BCUT2D eigenvalue weighted by Gasteiger charge is 2.31. The monoisotopic (exact) mass is 467 g/mol. The van der Waals surface area contributed by atoms with Gasteiger partial charge in [0.05, 0.1) is 43.2 Å². The largest absolute Gasteiger partial charge is 0.494 e. The van der Waals surface area contributed by atoms with Crippen LogP contribution in [0.2, 0.25) is 0 Å². The zero-order valence-electron chi connectivity index (χ0n) is 19.2. The highest BCUT2D eigenvalue weighted by Crippen LogP contribution is 2.37. The number of hydrogen-bond acceptors (Lipinski definition) is 9. The molecule has 178 valence electrons. The van der Waals surface area contributed by atoms with E-state index in [1.54, 1.807) is 36.1 Å². The van der Waals surface area contributed by atoms with Crippen LogP contribution in [0.15, 0.2) is 30.6 Å². The lowest BCUT2D eigenvalue weighted by Gasteiger charge is -2.37. The minimum absolute atomic E-state index is 0.0259. The number of aryl methyl sites for hydroxylation is 1. The van der Waals surface area contributed by atoms with E-state index in [9.17, 15) is 9.59 Å². The fourth-order valence-corrected chi connectivity index (χ4v) is 3.42. The van der Waals surface area contributed by atoms with Crippen molar-refractivity contribution in [3.63, 3.8) is 0 Å². The van der Waals surface area contributed by atoms with Crippen LogP contribution in [0.25, 0.3) is 11.4 Å². The van der Waals surface area contributed by atoms with Gasteiger partial charge in [0.1, 0.15) is 6.33 Å². The summed E-state index contributed by atoms with van der Waals surface area (Å²) in [6.07, 6.45) is 1.62. The maximum absolute atomic E-state index is 12.5. The zero-order valence-corrected chi connectivity index (χ0v) is 19.2. The Bertz CT molecular complexity index is 1210. The van der Waals surface area contributed by atoms with Gasteiger partial charge in [-0.1, -0.05) is 6.07 Å². The quantitative estimate of drug-likeness (QED) is 0.467. The Hall–Kier alpha value is -4.26. The van der Waals surface area contributed by atoms with E-state index in [-0.39, 0.29) is 23.6 Å². The molecule has 1 saturated heterocycles. The Morgan fingerprint density at radius 2 is 1.94 bits per heavy atom. The van der Waals surface area contributed by atoms with Crippen LogP contribution in [0.3, 0.4) is 0 Å². The van der Waals surface area contributed by atoms with Crippen LogP contribution in [-0.4, -0.2) is 82.3 Å². The van der Waals surface area contributed by atoms with E-state index in [0.29, 0.717) is 41.6 Å². The first kappa shape index (κ1) is 22.9. The average molecular weight is 467 g/mol. The van der Waals surface area contributed by atoms with Gasteiger partial charge in [-0.25, -0.2) is 9.78 Å². The number of nitrogens with one attached hydrogen (secondary N) is 3.